The molecule has 0 amide bonds. The molecule has 102 valence electrons. The first-order chi connectivity index (χ1) is 9.20. The number of fused-ring (bicyclic) bond motifs is 1. The summed E-state index contributed by atoms with van der Waals surface area (Å²) in [7, 11) is 0. The third-order valence-electron chi connectivity index (χ3n) is 3.56. The van der Waals surface area contributed by atoms with Gasteiger partial charge >= 0.3 is 0 Å². The van der Waals surface area contributed by atoms with Gasteiger partial charge in [-0.15, -0.1) is 0 Å². The lowest BCUT2D eigenvalue weighted by atomic mass is 10.0. The summed E-state index contributed by atoms with van der Waals surface area (Å²) in [6, 6.07) is 0. The minimum atomic E-state index is -0.642. The second-order valence-electron chi connectivity index (χ2n) is 4.96. The van der Waals surface area contributed by atoms with Gasteiger partial charge in [0.2, 0.25) is 5.95 Å². The maximum absolute atomic E-state index is 10.3. The van der Waals surface area contributed by atoms with Gasteiger partial charge in [-0.25, -0.2) is 5.84 Å². The molecule has 0 aliphatic heterocycles. The predicted molar refractivity (Wildman–Crippen MR) is 71.4 cm³/mol. The van der Waals surface area contributed by atoms with Crippen molar-refractivity contribution in [1.82, 2.24) is 20.2 Å². The number of nitrogens with zero attached hydrogens (tertiary/aromatic N) is 3. The van der Waals surface area contributed by atoms with Crippen molar-refractivity contribution in [3.05, 3.63) is 6.20 Å². The first-order valence-electron chi connectivity index (χ1n) is 6.34. The summed E-state index contributed by atoms with van der Waals surface area (Å²) >= 11 is 0. The fraction of sp³-hybridized carbons (Fsp3) is 0.545. The number of anilines is 2. The van der Waals surface area contributed by atoms with E-state index in [2.05, 4.69) is 30.9 Å². The Balaban J connectivity index is 1.85. The summed E-state index contributed by atoms with van der Waals surface area (Å²) in [4.78, 5) is 8.40. The molecule has 0 spiro atoms. The van der Waals surface area contributed by atoms with Crippen molar-refractivity contribution < 1.29 is 5.11 Å². The van der Waals surface area contributed by atoms with Gasteiger partial charge in [-0.2, -0.15) is 15.1 Å². The lowest BCUT2D eigenvalue weighted by Crippen LogP contribution is -2.33. The summed E-state index contributed by atoms with van der Waals surface area (Å²) in [5.74, 6) is 6.26. The van der Waals surface area contributed by atoms with Crippen LogP contribution in [0.1, 0.15) is 25.7 Å². The molecule has 1 aliphatic carbocycles. The molecule has 8 nitrogen and oxygen atoms in total. The van der Waals surface area contributed by atoms with Crippen molar-refractivity contribution in [1.29, 1.82) is 0 Å². The standard InChI is InChI=1S/C11H17N7O/c12-17-10-15-8(7-5-14-18-9(7)16-10)13-6-11(19)3-1-2-4-11/h5,19H,1-4,6,12H2,(H3,13,14,15,16,17,18). The van der Waals surface area contributed by atoms with E-state index in [1.54, 1.807) is 6.20 Å². The van der Waals surface area contributed by atoms with Crippen molar-refractivity contribution in [2.75, 3.05) is 17.3 Å². The minimum Gasteiger partial charge on any atom is -0.388 e. The highest BCUT2D eigenvalue weighted by Gasteiger charge is 2.31. The van der Waals surface area contributed by atoms with E-state index in [0.29, 0.717) is 24.0 Å². The average Bonchev–Trinajstić information content (AvgIpc) is 3.04. The van der Waals surface area contributed by atoms with E-state index in [1.807, 2.05) is 0 Å². The Morgan fingerprint density at radius 2 is 2.16 bits per heavy atom. The van der Waals surface area contributed by atoms with E-state index in [-0.39, 0.29) is 0 Å². The van der Waals surface area contributed by atoms with E-state index < -0.39 is 5.60 Å². The average molecular weight is 263 g/mol. The van der Waals surface area contributed by atoms with Gasteiger partial charge in [-0.1, -0.05) is 12.8 Å². The van der Waals surface area contributed by atoms with Gasteiger partial charge in [0.05, 0.1) is 17.2 Å². The molecule has 0 aromatic carbocycles. The van der Waals surface area contributed by atoms with Gasteiger partial charge < -0.3 is 10.4 Å². The number of rotatable bonds is 4. The van der Waals surface area contributed by atoms with Crippen molar-refractivity contribution in [2.24, 2.45) is 5.84 Å². The molecular formula is C11H17N7O. The Labute approximate surface area is 109 Å². The van der Waals surface area contributed by atoms with Crippen molar-refractivity contribution in [3.8, 4) is 0 Å². The molecule has 2 aromatic rings. The Hall–Kier alpha value is -1.93. The third-order valence-corrected chi connectivity index (χ3v) is 3.56. The van der Waals surface area contributed by atoms with Crippen LogP contribution in [0.4, 0.5) is 11.8 Å². The van der Waals surface area contributed by atoms with Gasteiger partial charge in [0.15, 0.2) is 5.65 Å². The molecule has 8 heteroatoms. The second-order valence-corrected chi connectivity index (χ2v) is 4.96. The van der Waals surface area contributed by atoms with E-state index in [1.165, 1.54) is 0 Å². The summed E-state index contributed by atoms with van der Waals surface area (Å²) in [6.07, 6.45) is 5.43. The van der Waals surface area contributed by atoms with Crippen LogP contribution in [0.15, 0.2) is 6.20 Å². The summed E-state index contributed by atoms with van der Waals surface area (Å²) in [5, 5.41) is 21.0. The first kappa shape index (κ1) is 12.1. The normalized spacial score (nSPS) is 17.8. The van der Waals surface area contributed by atoms with Gasteiger partial charge in [0.25, 0.3) is 0 Å². The van der Waals surface area contributed by atoms with Crippen molar-refractivity contribution in [3.63, 3.8) is 0 Å². The molecule has 6 N–H and O–H groups in total. The maximum atomic E-state index is 10.3. The van der Waals surface area contributed by atoms with E-state index in [4.69, 9.17) is 5.84 Å². The van der Waals surface area contributed by atoms with Gasteiger partial charge in [0.1, 0.15) is 5.82 Å². The van der Waals surface area contributed by atoms with Crippen LogP contribution in [0.2, 0.25) is 0 Å². The molecule has 1 saturated carbocycles. The number of H-pyrrole nitrogens is 1. The lowest BCUT2D eigenvalue weighted by Gasteiger charge is -2.22. The van der Waals surface area contributed by atoms with Crippen LogP contribution in [0.3, 0.4) is 0 Å². The number of nitrogens with one attached hydrogen (secondary N) is 3. The quantitative estimate of drug-likeness (QED) is 0.398. The molecule has 0 bridgehead atoms. The molecule has 0 saturated heterocycles. The number of aliphatic hydroxyl groups is 1. The number of hydrogen-bond donors (Lipinski definition) is 5. The monoisotopic (exact) mass is 263 g/mol. The molecule has 19 heavy (non-hydrogen) atoms. The van der Waals surface area contributed by atoms with Gasteiger partial charge in [-0.3, -0.25) is 10.5 Å². The highest BCUT2D eigenvalue weighted by Crippen LogP contribution is 2.30. The van der Waals surface area contributed by atoms with Crippen LogP contribution >= 0.6 is 0 Å². The van der Waals surface area contributed by atoms with Crippen LogP contribution in [0.25, 0.3) is 11.0 Å². The maximum Gasteiger partial charge on any atom is 0.241 e. The summed E-state index contributed by atoms with van der Waals surface area (Å²) in [6.45, 7) is 0.467. The van der Waals surface area contributed by atoms with Gasteiger partial charge in [0, 0.05) is 6.54 Å². The van der Waals surface area contributed by atoms with Gasteiger partial charge in [-0.05, 0) is 12.8 Å². The number of aromatic amines is 1. The Bertz CT molecular complexity index is 575. The summed E-state index contributed by atoms with van der Waals surface area (Å²) < 4.78 is 0. The Morgan fingerprint density at radius 3 is 2.89 bits per heavy atom. The number of aromatic nitrogens is 4. The van der Waals surface area contributed by atoms with E-state index >= 15 is 0 Å². The lowest BCUT2D eigenvalue weighted by molar-refractivity contribution is 0.0614. The number of nitrogens with two attached hydrogens (primary N) is 1. The molecule has 1 fully saturated rings. The smallest absolute Gasteiger partial charge is 0.241 e. The topological polar surface area (TPSA) is 125 Å². The molecule has 1 aliphatic rings. The zero-order chi connectivity index (χ0) is 13.3. The SMILES string of the molecule is NNc1nc(NCC2(O)CCCC2)c2cn[nH]c2n1. The molecule has 0 atom stereocenters. The fourth-order valence-corrected chi connectivity index (χ4v) is 2.49. The molecule has 3 rings (SSSR count). The second kappa shape index (κ2) is 4.63. The predicted octanol–water partition coefficient (Wildman–Crippen LogP) is 0.355. The van der Waals surface area contributed by atoms with Crippen LogP contribution in [0.5, 0.6) is 0 Å². The van der Waals surface area contributed by atoms with E-state index in [9.17, 15) is 5.11 Å². The summed E-state index contributed by atoms with van der Waals surface area (Å²) in [5.41, 5.74) is 2.37. The minimum absolute atomic E-state index is 0.303. The zero-order valence-electron chi connectivity index (χ0n) is 10.5. The van der Waals surface area contributed by atoms with Crippen LogP contribution < -0.4 is 16.6 Å². The molecule has 0 unspecified atom stereocenters. The number of nitrogen functional groups attached to an aromatic ring is 1. The first-order valence-corrected chi connectivity index (χ1v) is 6.34. The fourth-order valence-electron chi connectivity index (χ4n) is 2.49. The van der Waals surface area contributed by atoms with Crippen LogP contribution in [-0.4, -0.2) is 37.4 Å². The van der Waals surface area contributed by atoms with Crippen molar-refractivity contribution in [2.45, 2.75) is 31.3 Å². The molecule has 2 heterocycles. The Kier molecular flexibility index (Phi) is 2.96. The third kappa shape index (κ3) is 2.32. The number of hydrazine groups is 1. The van der Waals surface area contributed by atoms with Crippen molar-refractivity contribution >= 4 is 22.8 Å². The van der Waals surface area contributed by atoms with Crippen LogP contribution in [-0.2, 0) is 0 Å². The molecular weight excluding hydrogens is 246 g/mol. The molecule has 0 radical (unpaired) electrons. The highest BCUT2D eigenvalue weighted by molar-refractivity contribution is 5.86. The zero-order valence-corrected chi connectivity index (χ0v) is 10.5. The highest BCUT2D eigenvalue weighted by atomic mass is 16.3. The largest absolute Gasteiger partial charge is 0.388 e. The molecule has 2 aromatic heterocycles. The number of hydrogen-bond acceptors (Lipinski definition) is 7. The Morgan fingerprint density at radius 1 is 1.37 bits per heavy atom. The van der Waals surface area contributed by atoms with Crippen LogP contribution in [0, 0.1) is 0 Å². The van der Waals surface area contributed by atoms with E-state index in [0.717, 1.165) is 31.1 Å².